The van der Waals surface area contributed by atoms with Gasteiger partial charge in [0.1, 0.15) is 11.3 Å². The number of fused-ring (bicyclic) bond motifs is 1. The molecule has 0 bridgehead atoms. The van der Waals surface area contributed by atoms with E-state index in [2.05, 4.69) is 9.67 Å². The highest BCUT2D eigenvalue weighted by Gasteiger charge is 2.27. The standard InChI is InChI=1S/C12H17ClN4S/c1-7(13)11-14-10-8(2)15-16(3)12(10)17(11)9-4-5-18-6-9/h7,9H,4-6H2,1-3H3. The van der Waals surface area contributed by atoms with Gasteiger partial charge in [0, 0.05) is 18.8 Å². The first kappa shape index (κ1) is 12.4. The van der Waals surface area contributed by atoms with Gasteiger partial charge in [-0.1, -0.05) is 0 Å². The van der Waals surface area contributed by atoms with Crippen molar-refractivity contribution in [2.45, 2.75) is 31.7 Å². The predicted octanol–water partition coefficient (Wildman–Crippen LogP) is 3.06. The predicted molar refractivity (Wildman–Crippen MR) is 76.5 cm³/mol. The van der Waals surface area contributed by atoms with Gasteiger partial charge in [0.05, 0.1) is 11.1 Å². The maximum absolute atomic E-state index is 6.30. The van der Waals surface area contributed by atoms with Crippen LogP contribution in [0.3, 0.4) is 0 Å². The third kappa shape index (κ3) is 1.75. The molecular weight excluding hydrogens is 268 g/mol. The first-order valence-corrected chi connectivity index (χ1v) is 7.82. The van der Waals surface area contributed by atoms with Crippen LogP contribution in [0.4, 0.5) is 0 Å². The van der Waals surface area contributed by atoms with Gasteiger partial charge in [-0.3, -0.25) is 4.68 Å². The number of aromatic nitrogens is 4. The molecule has 1 fully saturated rings. The first-order valence-electron chi connectivity index (χ1n) is 6.23. The van der Waals surface area contributed by atoms with Crippen molar-refractivity contribution in [3.8, 4) is 0 Å². The smallest absolute Gasteiger partial charge is 0.158 e. The van der Waals surface area contributed by atoms with Crippen LogP contribution in [0.15, 0.2) is 0 Å². The second-order valence-corrected chi connectivity index (χ2v) is 6.66. The Balaban J connectivity index is 2.26. The van der Waals surface area contributed by atoms with E-state index < -0.39 is 0 Å². The maximum Gasteiger partial charge on any atom is 0.158 e. The number of hydrogen-bond acceptors (Lipinski definition) is 3. The van der Waals surface area contributed by atoms with Crippen LogP contribution in [0, 0.1) is 6.92 Å². The Morgan fingerprint density at radius 1 is 1.50 bits per heavy atom. The van der Waals surface area contributed by atoms with E-state index in [4.69, 9.17) is 16.6 Å². The SMILES string of the molecule is Cc1nn(C)c2c1nc(C(C)Cl)n2C1CCSC1. The summed E-state index contributed by atoms with van der Waals surface area (Å²) in [7, 11) is 1.98. The average molecular weight is 285 g/mol. The summed E-state index contributed by atoms with van der Waals surface area (Å²) in [5.41, 5.74) is 3.09. The molecule has 2 unspecified atom stereocenters. The number of rotatable bonds is 2. The molecule has 2 aromatic rings. The van der Waals surface area contributed by atoms with Gasteiger partial charge < -0.3 is 4.57 Å². The Hall–Kier alpha value is -0.680. The molecule has 2 atom stereocenters. The molecule has 0 radical (unpaired) electrons. The molecule has 0 aromatic carbocycles. The van der Waals surface area contributed by atoms with E-state index in [1.165, 1.54) is 12.2 Å². The highest BCUT2D eigenvalue weighted by Crippen LogP contribution is 2.35. The molecule has 18 heavy (non-hydrogen) atoms. The molecule has 1 saturated heterocycles. The van der Waals surface area contributed by atoms with Crippen LogP contribution in [0.1, 0.15) is 36.3 Å². The second kappa shape index (κ2) is 4.46. The average Bonchev–Trinajstić information content (AvgIpc) is 2.98. The van der Waals surface area contributed by atoms with Gasteiger partial charge in [0.15, 0.2) is 5.65 Å². The van der Waals surface area contributed by atoms with Crippen molar-refractivity contribution in [3.63, 3.8) is 0 Å². The molecule has 1 aliphatic heterocycles. The summed E-state index contributed by atoms with van der Waals surface area (Å²) in [6, 6.07) is 0.506. The fraction of sp³-hybridized carbons (Fsp3) is 0.667. The topological polar surface area (TPSA) is 35.6 Å². The van der Waals surface area contributed by atoms with Gasteiger partial charge in [-0.25, -0.2) is 4.98 Å². The third-order valence-electron chi connectivity index (χ3n) is 3.49. The van der Waals surface area contributed by atoms with Crippen molar-refractivity contribution in [2.24, 2.45) is 7.05 Å². The number of imidazole rings is 1. The zero-order valence-electron chi connectivity index (χ0n) is 10.9. The molecule has 2 aromatic heterocycles. The van der Waals surface area contributed by atoms with Crippen LogP contribution in [-0.2, 0) is 7.05 Å². The number of nitrogens with zero attached hydrogens (tertiary/aromatic N) is 4. The first-order chi connectivity index (χ1) is 8.59. The lowest BCUT2D eigenvalue weighted by atomic mass is 10.2. The van der Waals surface area contributed by atoms with Crippen LogP contribution >= 0.6 is 23.4 Å². The van der Waals surface area contributed by atoms with Crippen LogP contribution in [0.25, 0.3) is 11.2 Å². The fourth-order valence-electron chi connectivity index (χ4n) is 2.68. The van der Waals surface area contributed by atoms with E-state index in [-0.39, 0.29) is 5.38 Å². The van der Waals surface area contributed by atoms with Gasteiger partial charge in [0.25, 0.3) is 0 Å². The molecule has 0 aliphatic carbocycles. The van der Waals surface area contributed by atoms with Crippen molar-refractivity contribution in [1.29, 1.82) is 0 Å². The lowest BCUT2D eigenvalue weighted by Crippen LogP contribution is -2.14. The number of halogens is 1. The van der Waals surface area contributed by atoms with Gasteiger partial charge in [-0.05, 0) is 26.0 Å². The van der Waals surface area contributed by atoms with Crippen LogP contribution < -0.4 is 0 Å². The maximum atomic E-state index is 6.30. The van der Waals surface area contributed by atoms with Crippen molar-refractivity contribution in [2.75, 3.05) is 11.5 Å². The van der Waals surface area contributed by atoms with Crippen molar-refractivity contribution in [1.82, 2.24) is 19.3 Å². The number of hydrogen-bond donors (Lipinski definition) is 0. The molecule has 1 aliphatic rings. The van der Waals surface area contributed by atoms with Gasteiger partial charge in [0.2, 0.25) is 0 Å². The van der Waals surface area contributed by atoms with E-state index in [1.807, 2.05) is 37.3 Å². The minimum atomic E-state index is -0.0672. The zero-order chi connectivity index (χ0) is 12.9. The second-order valence-electron chi connectivity index (χ2n) is 4.85. The molecule has 4 nitrogen and oxygen atoms in total. The molecular formula is C12H17ClN4S. The van der Waals surface area contributed by atoms with Crippen LogP contribution in [0.5, 0.6) is 0 Å². The molecule has 6 heteroatoms. The fourth-order valence-corrected chi connectivity index (χ4v) is 4.03. The summed E-state index contributed by atoms with van der Waals surface area (Å²) in [6.45, 7) is 4.00. The molecule has 0 spiro atoms. The summed E-state index contributed by atoms with van der Waals surface area (Å²) in [5, 5.41) is 4.40. The quantitative estimate of drug-likeness (QED) is 0.795. The molecule has 0 saturated carbocycles. The Morgan fingerprint density at radius 3 is 2.89 bits per heavy atom. The molecule has 3 heterocycles. The highest BCUT2D eigenvalue weighted by molar-refractivity contribution is 7.99. The Bertz CT molecular complexity index is 580. The highest BCUT2D eigenvalue weighted by atomic mass is 35.5. The normalized spacial score (nSPS) is 21.9. The summed E-state index contributed by atoms with van der Waals surface area (Å²) in [5.74, 6) is 3.35. The lowest BCUT2D eigenvalue weighted by molar-refractivity contribution is 0.534. The zero-order valence-corrected chi connectivity index (χ0v) is 12.4. The number of alkyl halides is 1. The van der Waals surface area contributed by atoms with Crippen LogP contribution in [0.2, 0.25) is 0 Å². The molecule has 0 amide bonds. The molecule has 0 N–H and O–H groups in total. The minimum absolute atomic E-state index is 0.0672. The summed E-state index contributed by atoms with van der Waals surface area (Å²) >= 11 is 8.30. The summed E-state index contributed by atoms with van der Waals surface area (Å²) < 4.78 is 4.25. The van der Waals surface area contributed by atoms with Crippen molar-refractivity contribution >= 4 is 34.5 Å². The largest absolute Gasteiger partial charge is 0.308 e. The van der Waals surface area contributed by atoms with Gasteiger partial charge in [-0.15, -0.1) is 11.6 Å². The number of aryl methyl sites for hydroxylation is 2. The Kier molecular flexibility index (Phi) is 3.06. The molecule has 3 rings (SSSR count). The van der Waals surface area contributed by atoms with Gasteiger partial charge in [-0.2, -0.15) is 16.9 Å². The van der Waals surface area contributed by atoms with E-state index in [0.717, 1.165) is 28.4 Å². The minimum Gasteiger partial charge on any atom is -0.308 e. The van der Waals surface area contributed by atoms with Gasteiger partial charge >= 0.3 is 0 Å². The molecule has 98 valence electrons. The van der Waals surface area contributed by atoms with Crippen molar-refractivity contribution in [3.05, 3.63) is 11.5 Å². The summed E-state index contributed by atoms with van der Waals surface area (Å²) in [4.78, 5) is 4.72. The Morgan fingerprint density at radius 2 is 2.28 bits per heavy atom. The summed E-state index contributed by atoms with van der Waals surface area (Å²) in [6.07, 6.45) is 1.19. The third-order valence-corrected chi connectivity index (χ3v) is 4.83. The lowest BCUT2D eigenvalue weighted by Gasteiger charge is -2.16. The monoisotopic (exact) mass is 284 g/mol. The van der Waals surface area contributed by atoms with E-state index in [1.54, 1.807) is 0 Å². The van der Waals surface area contributed by atoms with E-state index >= 15 is 0 Å². The van der Waals surface area contributed by atoms with Crippen molar-refractivity contribution < 1.29 is 0 Å². The Labute approximate surface area is 116 Å². The van der Waals surface area contributed by atoms with Crippen LogP contribution in [-0.4, -0.2) is 30.8 Å². The van der Waals surface area contributed by atoms with E-state index in [9.17, 15) is 0 Å². The number of thioether (sulfide) groups is 1. The van der Waals surface area contributed by atoms with E-state index in [0.29, 0.717) is 6.04 Å².